The van der Waals surface area contributed by atoms with Gasteiger partial charge in [0, 0.05) is 19.2 Å². The minimum atomic E-state index is -0.227. The lowest BCUT2D eigenvalue weighted by Crippen LogP contribution is -2.43. The summed E-state index contributed by atoms with van der Waals surface area (Å²) in [5.41, 5.74) is 7.57. The van der Waals surface area contributed by atoms with Gasteiger partial charge in [-0.15, -0.1) is 0 Å². The van der Waals surface area contributed by atoms with Gasteiger partial charge in [-0.3, -0.25) is 0 Å². The second-order valence-corrected chi connectivity index (χ2v) is 6.48. The molecule has 4 heteroatoms. The summed E-state index contributed by atoms with van der Waals surface area (Å²) in [5.74, 6) is 1.31. The molecule has 2 N–H and O–H groups in total. The molecule has 98 valence electrons. The van der Waals surface area contributed by atoms with Crippen LogP contribution in [0, 0.1) is 17.7 Å². The first-order valence-electron chi connectivity index (χ1n) is 6.63. The second-order valence-electron chi connectivity index (χ2n) is 5.63. The molecule has 1 aromatic rings. The first-order chi connectivity index (χ1) is 8.63. The zero-order valence-electron chi connectivity index (χ0n) is 10.3. The lowest BCUT2D eigenvalue weighted by Gasteiger charge is -2.42. The lowest BCUT2D eigenvalue weighted by molar-refractivity contribution is 0.231. The number of rotatable bonds is 1. The van der Waals surface area contributed by atoms with Gasteiger partial charge in [-0.05, 0) is 53.1 Å². The highest BCUT2D eigenvalue weighted by Crippen LogP contribution is 2.38. The van der Waals surface area contributed by atoms with Gasteiger partial charge < -0.3 is 10.6 Å². The quantitative estimate of drug-likeness (QED) is 0.799. The maximum atomic E-state index is 13.7. The van der Waals surface area contributed by atoms with Crippen LogP contribution >= 0.6 is 15.9 Å². The molecule has 1 saturated carbocycles. The molecule has 2 aliphatic rings. The van der Waals surface area contributed by atoms with Gasteiger partial charge in [-0.25, -0.2) is 4.39 Å². The van der Waals surface area contributed by atoms with Gasteiger partial charge in [0.1, 0.15) is 5.82 Å². The van der Waals surface area contributed by atoms with Crippen LogP contribution in [0.25, 0.3) is 0 Å². The SMILES string of the molecule is Nc1cc(Br)c(F)cc1N1CC2CCCC(C2)C1. The Morgan fingerprint density at radius 3 is 2.56 bits per heavy atom. The molecular formula is C14H18BrFN2. The number of halogens is 2. The molecule has 1 aromatic carbocycles. The van der Waals surface area contributed by atoms with Gasteiger partial charge in [-0.1, -0.05) is 6.42 Å². The van der Waals surface area contributed by atoms with Gasteiger partial charge in [0.15, 0.2) is 0 Å². The van der Waals surface area contributed by atoms with Crippen LogP contribution in [0.15, 0.2) is 16.6 Å². The van der Waals surface area contributed by atoms with E-state index in [9.17, 15) is 4.39 Å². The molecule has 1 aliphatic carbocycles. The summed E-state index contributed by atoms with van der Waals surface area (Å²) >= 11 is 3.18. The van der Waals surface area contributed by atoms with Gasteiger partial charge in [-0.2, -0.15) is 0 Å². The van der Waals surface area contributed by atoms with Gasteiger partial charge in [0.2, 0.25) is 0 Å². The van der Waals surface area contributed by atoms with Gasteiger partial charge in [0.25, 0.3) is 0 Å². The number of nitrogens with zero attached hydrogens (tertiary/aromatic N) is 1. The van der Waals surface area contributed by atoms with E-state index in [0.717, 1.165) is 30.6 Å². The number of nitrogen functional groups attached to an aromatic ring is 1. The summed E-state index contributed by atoms with van der Waals surface area (Å²) in [6, 6.07) is 3.25. The van der Waals surface area contributed by atoms with Crippen molar-refractivity contribution in [3.63, 3.8) is 0 Å². The third-order valence-electron chi connectivity index (χ3n) is 4.26. The number of anilines is 2. The Hall–Kier alpha value is -0.770. The molecule has 0 spiro atoms. The monoisotopic (exact) mass is 312 g/mol. The van der Waals surface area contributed by atoms with Crippen LogP contribution in [0.3, 0.4) is 0 Å². The molecule has 3 rings (SSSR count). The van der Waals surface area contributed by atoms with Crippen LogP contribution in [0.2, 0.25) is 0 Å². The Labute approximate surface area is 115 Å². The third kappa shape index (κ3) is 2.22. The molecule has 1 saturated heterocycles. The molecule has 0 amide bonds. The van der Waals surface area contributed by atoms with Crippen molar-refractivity contribution in [3.8, 4) is 0 Å². The second kappa shape index (κ2) is 4.72. The van der Waals surface area contributed by atoms with E-state index in [1.54, 1.807) is 12.1 Å². The van der Waals surface area contributed by atoms with Crippen molar-refractivity contribution in [2.45, 2.75) is 25.7 Å². The van der Waals surface area contributed by atoms with Crippen LogP contribution in [0.4, 0.5) is 15.8 Å². The maximum Gasteiger partial charge on any atom is 0.139 e. The molecule has 18 heavy (non-hydrogen) atoms. The van der Waals surface area contributed by atoms with Crippen molar-refractivity contribution in [1.82, 2.24) is 0 Å². The summed E-state index contributed by atoms with van der Waals surface area (Å²) in [6.45, 7) is 2.06. The Balaban J connectivity index is 1.88. The zero-order valence-corrected chi connectivity index (χ0v) is 11.9. The van der Waals surface area contributed by atoms with E-state index in [2.05, 4.69) is 20.8 Å². The molecule has 2 unspecified atom stereocenters. The highest BCUT2D eigenvalue weighted by atomic mass is 79.9. The molecule has 2 bridgehead atoms. The smallest absolute Gasteiger partial charge is 0.139 e. The Kier molecular flexibility index (Phi) is 3.22. The Bertz CT molecular complexity index is 451. The Morgan fingerprint density at radius 2 is 1.89 bits per heavy atom. The van der Waals surface area contributed by atoms with Crippen molar-refractivity contribution in [1.29, 1.82) is 0 Å². The number of hydrogen-bond donors (Lipinski definition) is 1. The highest BCUT2D eigenvalue weighted by Gasteiger charge is 2.31. The van der Waals surface area contributed by atoms with Crippen molar-refractivity contribution in [2.24, 2.45) is 11.8 Å². The van der Waals surface area contributed by atoms with Crippen molar-refractivity contribution >= 4 is 27.3 Å². The minimum Gasteiger partial charge on any atom is -0.397 e. The van der Waals surface area contributed by atoms with Crippen molar-refractivity contribution < 1.29 is 4.39 Å². The maximum absolute atomic E-state index is 13.7. The molecule has 2 atom stereocenters. The highest BCUT2D eigenvalue weighted by molar-refractivity contribution is 9.10. The first-order valence-corrected chi connectivity index (χ1v) is 7.42. The standard InChI is InChI=1S/C14H18BrFN2/c15-11-5-13(17)14(6-12(11)16)18-7-9-2-1-3-10(4-9)8-18/h5-6,9-10H,1-4,7-8,17H2. The van der Waals surface area contributed by atoms with Crippen molar-refractivity contribution in [2.75, 3.05) is 23.7 Å². The minimum absolute atomic E-state index is 0.227. The molecule has 0 radical (unpaired) electrons. The fourth-order valence-corrected chi connectivity index (χ4v) is 3.82. The zero-order chi connectivity index (χ0) is 12.7. The van der Waals surface area contributed by atoms with Crippen LogP contribution in [-0.4, -0.2) is 13.1 Å². The van der Waals surface area contributed by atoms with Crippen LogP contribution in [-0.2, 0) is 0 Å². The van der Waals surface area contributed by atoms with Crippen LogP contribution < -0.4 is 10.6 Å². The fraction of sp³-hybridized carbons (Fsp3) is 0.571. The summed E-state index contributed by atoms with van der Waals surface area (Å²) in [6.07, 6.45) is 5.32. The van der Waals surface area contributed by atoms with Crippen LogP contribution in [0.5, 0.6) is 0 Å². The van der Waals surface area contributed by atoms with Gasteiger partial charge in [0.05, 0.1) is 15.8 Å². The average Bonchev–Trinajstić information content (AvgIpc) is 2.33. The predicted octanol–water partition coefficient (Wildman–Crippen LogP) is 3.80. The van der Waals surface area contributed by atoms with E-state index < -0.39 is 0 Å². The molecule has 1 aliphatic heterocycles. The topological polar surface area (TPSA) is 29.3 Å². The number of piperidine rings is 1. The average molecular weight is 313 g/mol. The summed E-state index contributed by atoms with van der Waals surface area (Å²) in [7, 11) is 0. The first kappa shape index (κ1) is 12.3. The lowest BCUT2D eigenvalue weighted by atomic mass is 9.78. The molecule has 0 aromatic heterocycles. The van der Waals surface area contributed by atoms with E-state index in [-0.39, 0.29) is 5.82 Å². The third-order valence-corrected chi connectivity index (χ3v) is 4.87. The normalized spacial score (nSPS) is 27.3. The molecule has 2 fully saturated rings. The summed E-state index contributed by atoms with van der Waals surface area (Å²) < 4.78 is 14.1. The summed E-state index contributed by atoms with van der Waals surface area (Å²) in [4.78, 5) is 2.28. The van der Waals surface area contributed by atoms with Gasteiger partial charge >= 0.3 is 0 Å². The fourth-order valence-electron chi connectivity index (χ4n) is 3.45. The number of nitrogens with two attached hydrogens (primary N) is 1. The number of hydrogen-bond acceptors (Lipinski definition) is 2. The summed E-state index contributed by atoms with van der Waals surface area (Å²) in [5, 5.41) is 0. The molecular weight excluding hydrogens is 295 g/mol. The predicted molar refractivity (Wildman–Crippen MR) is 76.2 cm³/mol. The number of fused-ring (bicyclic) bond motifs is 2. The van der Waals surface area contributed by atoms with E-state index in [1.807, 2.05) is 0 Å². The van der Waals surface area contributed by atoms with E-state index in [4.69, 9.17) is 5.73 Å². The van der Waals surface area contributed by atoms with Crippen LogP contribution in [0.1, 0.15) is 25.7 Å². The molecule has 2 nitrogen and oxygen atoms in total. The van der Waals surface area contributed by atoms with Crippen molar-refractivity contribution in [3.05, 3.63) is 22.4 Å². The van der Waals surface area contributed by atoms with E-state index in [1.165, 1.54) is 25.7 Å². The Morgan fingerprint density at radius 1 is 1.22 bits per heavy atom. The number of benzene rings is 1. The largest absolute Gasteiger partial charge is 0.397 e. The van der Waals surface area contributed by atoms with E-state index >= 15 is 0 Å². The molecule has 1 heterocycles. The van der Waals surface area contributed by atoms with E-state index in [0.29, 0.717) is 10.2 Å².